The fourth-order valence-corrected chi connectivity index (χ4v) is 5.56. The second-order valence-electron chi connectivity index (χ2n) is 3.84. The Kier molecular flexibility index (Phi) is 3.16. The summed E-state index contributed by atoms with van der Waals surface area (Å²) in [6, 6.07) is 0. The van der Waals surface area contributed by atoms with Crippen LogP contribution >= 0.6 is 23.5 Å². The van der Waals surface area contributed by atoms with Gasteiger partial charge < -0.3 is 0 Å². The van der Waals surface area contributed by atoms with Crippen LogP contribution in [0, 0.1) is 18.3 Å². The summed E-state index contributed by atoms with van der Waals surface area (Å²) < 4.78 is 0.167. The third-order valence-electron chi connectivity index (χ3n) is 3.06. The van der Waals surface area contributed by atoms with Crippen LogP contribution in [0.15, 0.2) is 0 Å². The molecule has 1 saturated heterocycles. The Hall–Kier alpha value is 0.260. The lowest BCUT2D eigenvalue weighted by molar-refractivity contribution is 0.360. The summed E-state index contributed by atoms with van der Waals surface area (Å²) >= 11 is 4.05. The highest BCUT2D eigenvalue weighted by molar-refractivity contribution is 8.21. The van der Waals surface area contributed by atoms with Gasteiger partial charge >= 0.3 is 0 Å². The van der Waals surface area contributed by atoms with E-state index in [1.807, 2.05) is 23.5 Å². The summed E-state index contributed by atoms with van der Waals surface area (Å²) in [5.74, 6) is 6.38. The van der Waals surface area contributed by atoms with E-state index in [0.717, 1.165) is 5.92 Å². The zero-order valence-electron chi connectivity index (χ0n) is 7.92. The van der Waals surface area contributed by atoms with E-state index in [0.29, 0.717) is 0 Å². The first-order valence-electron chi connectivity index (χ1n) is 5.13. The standard InChI is InChI=1S/C11H16S2/c1-2-11(12-8-9-13-11)10-6-4-3-5-7-10/h1,10H,3-9H2. The van der Waals surface area contributed by atoms with Crippen molar-refractivity contribution >= 4 is 23.5 Å². The molecular weight excluding hydrogens is 196 g/mol. The van der Waals surface area contributed by atoms with Gasteiger partial charge in [-0.05, 0) is 18.8 Å². The molecule has 1 saturated carbocycles. The van der Waals surface area contributed by atoms with Crippen molar-refractivity contribution in [3.05, 3.63) is 0 Å². The predicted octanol–water partition coefficient (Wildman–Crippen LogP) is 3.38. The maximum atomic E-state index is 5.71. The molecule has 0 nitrogen and oxygen atoms in total. The Morgan fingerprint density at radius 1 is 1.08 bits per heavy atom. The van der Waals surface area contributed by atoms with Crippen molar-refractivity contribution in [2.45, 2.75) is 36.2 Å². The SMILES string of the molecule is C#CC1(C2CCCCC2)SCCS1. The number of terminal acetylenes is 1. The summed E-state index contributed by atoms with van der Waals surface area (Å²) in [6.45, 7) is 0. The van der Waals surface area contributed by atoms with E-state index >= 15 is 0 Å². The molecular formula is C11H16S2. The molecule has 0 spiro atoms. The van der Waals surface area contributed by atoms with Crippen LogP contribution in [0.4, 0.5) is 0 Å². The summed E-state index contributed by atoms with van der Waals surface area (Å²) in [6.07, 6.45) is 12.7. The van der Waals surface area contributed by atoms with E-state index < -0.39 is 0 Å². The number of rotatable bonds is 1. The second-order valence-corrected chi connectivity index (χ2v) is 6.78. The maximum Gasteiger partial charge on any atom is 0.124 e. The van der Waals surface area contributed by atoms with Crippen molar-refractivity contribution in [1.82, 2.24) is 0 Å². The molecule has 0 bridgehead atoms. The molecule has 0 N–H and O–H groups in total. The molecule has 1 heterocycles. The van der Waals surface area contributed by atoms with Crippen LogP contribution in [-0.4, -0.2) is 15.6 Å². The molecule has 2 rings (SSSR count). The molecule has 0 aromatic rings. The van der Waals surface area contributed by atoms with Crippen molar-refractivity contribution in [3.8, 4) is 12.3 Å². The van der Waals surface area contributed by atoms with Gasteiger partial charge in [0.25, 0.3) is 0 Å². The van der Waals surface area contributed by atoms with Crippen LogP contribution in [0.3, 0.4) is 0 Å². The van der Waals surface area contributed by atoms with Gasteiger partial charge in [-0.25, -0.2) is 0 Å². The van der Waals surface area contributed by atoms with Gasteiger partial charge in [0, 0.05) is 11.5 Å². The number of hydrogen-bond donors (Lipinski definition) is 0. The van der Waals surface area contributed by atoms with Crippen molar-refractivity contribution < 1.29 is 0 Å². The molecule has 0 amide bonds. The first kappa shape index (κ1) is 9.80. The van der Waals surface area contributed by atoms with Gasteiger partial charge in [0.15, 0.2) is 0 Å². The van der Waals surface area contributed by atoms with Crippen LogP contribution in [-0.2, 0) is 0 Å². The van der Waals surface area contributed by atoms with E-state index in [1.165, 1.54) is 43.6 Å². The van der Waals surface area contributed by atoms with Gasteiger partial charge in [0.2, 0.25) is 0 Å². The normalized spacial score (nSPS) is 28.5. The Balaban J connectivity index is 2.06. The average molecular weight is 212 g/mol. The van der Waals surface area contributed by atoms with E-state index in [1.54, 1.807) is 0 Å². The lowest BCUT2D eigenvalue weighted by Crippen LogP contribution is -2.28. The fraction of sp³-hybridized carbons (Fsp3) is 0.818. The largest absolute Gasteiger partial charge is 0.130 e. The Morgan fingerprint density at radius 2 is 1.69 bits per heavy atom. The molecule has 0 atom stereocenters. The lowest BCUT2D eigenvalue weighted by Gasteiger charge is -2.34. The van der Waals surface area contributed by atoms with Crippen molar-refractivity contribution in [2.24, 2.45) is 5.92 Å². The first-order valence-corrected chi connectivity index (χ1v) is 7.10. The summed E-state index contributed by atoms with van der Waals surface area (Å²) in [4.78, 5) is 0. The van der Waals surface area contributed by atoms with Crippen molar-refractivity contribution in [3.63, 3.8) is 0 Å². The average Bonchev–Trinajstić information content (AvgIpc) is 2.69. The van der Waals surface area contributed by atoms with Crippen LogP contribution < -0.4 is 0 Å². The van der Waals surface area contributed by atoms with Gasteiger partial charge in [-0.15, -0.1) is 29.9 Å². The molecule has 2 fully saturated rings. The molecule has 0 aromatic heterocycles. The number of thioether (sulfide) groups is 2. The van der Waals surface area contributed by atoms with E-state index in [9.17, 15) is 0 Å². The summed E-state index contributed by atoms with van der Waals surface area (Å²) in [7, 11) is 0. The smallest absolute Gasteiger partial charge is 0.124 e. The van der Waals surface area contributed by atoms with Crippen LogP contribution in [0.5, 0.6) is 0 Å². The van der Waals surface area contributed by atoms with Crippen molar-refractivity contribution in [1.29, 1.82) is 0 Å². The first-order chi connectivity index (χ1) is 6.37. The summed E-state index contributed by atoms with van der Waals surface area (Å²) in [5, 5.41) is 0. The monoisotopic (exact) mass is 212 g/mol. The molecule has 0 radical (unpaired) electrons. The van der Waals surface area contributed by atoms with E-state index in [-0.39, 0.29) is 4.08 Å². The van der Waals surface area contributed by atoms with E-state index in [4.69, 9.17) is 6.42 Å². The van der Waals surface area contributed by atoms with Crippen molar-refractivity contribution in [2.75, 3.05) is 11.5 Å². The maximum absolute atomic E-state index is 5.71. The Labute approximate surface area is 89.6 Å². The highest BCUT2D eigenvalue weighted by Crippen LogP contribution is 2.52. The predicted molar refractivity (Wildman–Crippen MR) is 63.1 cm³/mol. The minimum Gasteiger partial charge on any atom is -0.130 e. The van der Waals surface area contributed by atoms with Crippen LogP contribution in [0.1, 0.15) is 32.1 Å². The zero-order valence-corrected chi connectivity index (χ0v) is 9.55. The highest BCUT2D eigenvalue weighted by atomic mass is 32.2. The van der Waals surface area contributed by atoms with Gasteiger partial charge in [-0.1, -0.05) is 25.2 Å². The molecule has 13 heavy (non-hydrogen) atoms. The molecule has 1 aliphatic carbocycles. The summed E-state index contributed by atoms with van der Waals surface area (Å²) in [5.41, 5.74) is 0. The third-order valence-corrected chi connectivity index (χ3v) is 6.60. The Morgan fingerprint density at radius 3 is 2.23 bits per heavy atom. The molecule has 0 aromatic carbocycles. The molecule has 1 aliphatic heterocycles. The molecule has 2 aliphatic rings. The highest BCUT2D eigenvalue weighted by Gasteiger charge is 2.41. The third kappa shape index (κ3) is 1.87. The quantitative estimate of drug-likeness (QED) is 0.611. The number of hydrogen-bond acceptors (Lipinski definition) is 2. The molecule has 2 heteroatoms. The zero-order chi connectivity index (χ0) is 9.15. The van der Waals surface area contributed by atoms with Gasteiger partial charge in [0.1, 0.15) is 4.08 Å². The second kappa shape index (κ2) is 4.19. The van der Waals surface area contributed by atoms with E-state index in [2.05, 4.69) is 5.92 Å². The fourth-order valence-electron chi connectivity index (χ4n) is 2.35. The minimum absolute atomic E-state index is 0.167. The molecule has 72 valence electrons. The topological polar surface area (TPSA) is 0 Å². The van der Waals surface area contributed by atoms with Crippen LogP contribution in [0.2, 0.25) is 0 Å². The molecule has 0 unspecified atom stereocenters. The lowest BCUT2D eigenvalue weighted by atomic mass is 9.86. The van der Waals surface area contributed by atoms with Crippen LogP contribution in [0.25, 0.3) is 0 Å². The van der Waals surface area contributed by atoms with Gasteiger partial charge in [-0.2, -0.15) is 0 Å². The Bertz CT molecular complexity index is 205. The van der Waals surface area contributed by atoms with Gasteiger partial charge in [-0.3, -0.25) is 0 Å². The van der Waals surface area contributed by atoms with Gasteiger partial charge in [0.05, 0.1) is 0 Å². The minimum atomic E-state index is 0.167.